The first-order valence-corrected chi connectivity index (χ1v) is 6.61. The normalized spacial score (nSPS) is 10.5. The third kappa shape index (κ3) is 2.80. The topological polar surface area (TPSA) is 59.3 Å². The van der Waals surface area contributed by atoms with Gasteiger partial charge in [0.1, 0.15) is 5.58 Å². The Hall–Kier alpha value is -2.59. The van der Waals surface area contributed by atoms with Gasteiger partial charge in [-0.15, -0.1) is 0 Å². The van der Waals surface area contributed by atoms with Crippen LogP contribution in [-0.4, -0.2) is 5.91 Å². The Kier molecular flexibility index (Phi) is 3.46. The number of fused-ring (bicyclic) bond motifs is 1. The van der Waals surface area contributed by atoms with Crippen LogP contribution in [0.1, 0.15) is 10.6 Å². The van der Waals surface area contributed by atoms with E-state index in [-0.39, 0.29) is 11.2 Å². The fourth-order valence-corrected chi connectivity index (χ4v) is 2.17. The van der Waals surface area contributed by atoms with Gasteiger partial charge >= 0.3 is 0 Å². The Labute approximate surface area is 125 Å². The molecule has 0 spiro atoms. The summed E-state index contributed by atoms with van der Waals surface area (Å²) in [7, 11) is 0. The third-order valence-electron chi connectivity index (χ3n) is 2.94. The summed E-state index contributed by atoms with van der Waals surface area (Å²) in [5.74, 6) is -0.543. The Morgan fingerprint density at radius 1 is 1.05 bits per heavy atom. The first kappa shape index (κ1) is 13.4. The van der Waals surface area contributed by atoms with Crippen LogP contribution >= 0.6 is 11.6 Å². The minimum atomic E-state index is -0.500. The first-order valence-electron chi connectivity index (χ1n) is 6.23. The van der Waals surface area contributed by atoms with Crippen molar-refractivity contribution in [2.24, 2.45) is 0 Å². The maximum absolute atomic E-state index is 12.1. The van der Waals surface area contributed by atoms with E-state index >= 15 is 0 Å². The van der Waals surface area contributed by atoms with E-state index in [1.165, 1.54) is 6.07 Å². The van der Waals surface area contributed by atoms with Crippen LogP contribution in [0.4, 0.5) is 5.69 Å². The molecule has 0 aliphatic rings. The van der Waals surface area contributed by atoms with Gasteiger partial charge < -0.3 is 9.73 Å². The lowest BCUT2D eigenvalue weighted by atomic mass is 10.2. The van der Waals surface area contributed by atoms with Crippen molar-refractivity contribution in [3.63, 3.8) is 0 Å². The van der Waals surface area contributed by atoms with Gasteiger partial charge in [0.15, 0.2) is 11.2 Å². The SMILES string of the molecule is O=C(Nc1cccc(Cl)c1)c1cc(=O)c2ccccc2o1. The molecule has 2 aromatic carbocycles. The molecule has 0 aliphatic carbocycles. The fraction of sp³-hybridized carbons (Fsp3) is 0. The maximum atomic E-state index is 12.1. The van der Waals surface area contributed by atoms with Crippen molar-refractivity contribution in [2.45, 2.75) is 0 Å². The number of hydrogen-bond donors (Lipinski definition) is 1. The highest BCUT2D eigenvalue weighted by atomic mass is 35.5. The molecule has 3 rings (SSSR count). The Morgan fingerprint density at radius 2 is 1.86 bits per heavy atom. The van der Waals surface area contributed by atoms with Gasteiger partial charge in [0.05, 0.1) is 5.39 Å². The predicted molar refractivity (Wildman–Crippen MR) is 81.9 cm³/mol. The van der Waals surface area contributed by atoms with Crippen LogP contribution in [0.15, 0.2) is 63.8 Å². The largest absolute Gasteiger partial charge is 0.451 e. The zero-order valence-electron chi connectivity index (χ0n) is 10.8. The van der Waals surface area contributed by atoms with Gasteiger partial charge in [-0.1, -0.05) is 29.8 Å². The van der Waals surface area contributed by atoms with Crippen molar-refractivity contribution in [1.29, 1.82) is 0 Å². The summed E-state index contributed by atoms with van der Waals surface area (Å²) in [6.45, 7) is 0. The number of amides is 1. The highest BCUT2D eigenvalue weighted by Gasteiger charge is 2.12. The van der Waals surface area contributed by atoms with E-state index in [4.69, 9.17) is 16.0 Å². The monoisotopic (exact) mass is 299 g/mol. The molecule has 3 aromatic rings. The molecule has 5 heteroatoms. The van der Waals surface area contributed by atoms with Crippen molar-refractivity contribution in [3.05, 3.63) is 75.6 Å². The standard InChI is InChI=1S/C16H10ClNO3/c17-10-4-3-5-11(8-10)18-16(20)15-9-13(19)12-6-1-2-7-14(12)21-15/h1-9H,(H,18,20). The van der Waals surface area contributed by atoms with E-state index in [0.29, 0.717) is 21.7 Å². The quantitative estimate of drug-likeness (QED) is 0.785. The number of carbonyl (C=O) groups excluding carboxylic acids is 1. The molecule has 0 saturated carbocycles. The van der Waals surface area contributed by atoms with Crippen molar-refractivity contribution in [1.82, 2.24) is 0 Å². The molecule has 1 aromatic heterocycles. The van der Waals surface area contributed by atoms with Gasteiger partial charge in [0.2, 0.25) is 0 Å². The average Bonchev–Trinajstić information content (AvgIpc) is 2.47. The minimum Gasteiger partial charge on any atom is -0.451 e. The fourth-order valence-electron chi connectivity index (χ4n) is 1.97. The molecule has 21 heavy (non-hydrogen) atoms. The Bertz CT molecular complexity index is 886. The number of benzene rings is 2. The number of rotatable bonds is 2. The summed E-state index contributed by atoms with van der Waals surface area (Å²) >= 11 is 5.85. The molecule has 0 aliphatic heterocycles. The second-order valence-electron chi connectivity index (χ2n) is 4.44. The van der Waals surface area contributed by atoms with Gasteiger partial charge in [-0.3, -0.25) is 9.59 Å². The van der Waals surface area contributed by atoms with Crippen LogP contribution in [0.2, 0.25) is 5.02 Å². The summed E-state index contributed by atoms with van der Waals surface area (Å²) in [5, 5.41) is 3.58. The second kappa shape index (κ2) is 5.42. The number of hydrogen-bond acceptors (Lipinski definition) is 3. The first-order chi connectivity index (χ1) is 10.1. The summed E-state index contributed by atoms with van der Waals surface area (Å²) in [6, 6.07) is 14.7. The van der Waals surface area contributed by atoms with E-state index in [1.807, 2.05) is 0 Å². The predicted octanol–water partition coefficient (Wildman–Crippen LogP) is 3.70. The van der Waals surface area contributed by atoms with Gasteiger partial charge in [-0.25, -0.2) is 0 Å². The van der Waals surface area contributed by atoms with E-state index in [9.17, 15) is 9.59 Å². The van der Waals surface area contributed by atoms with Crippen LogP contribution in [0.5, 0.6) is 0 Å². The Morgan fingerprint density at radius 3 is 2.67 bits per heavy atom. The van der Waals surface area contributed by atoms with Gasteiger partial charge in [0.25, 0.3) is 5.91 Å². The smallest absolute Gasteiger partial charge is 0.291 e. The molecule has 0 saturated heterocycles. The molecule has 104 valence electrons. The molecule has 0 unspecified atom stereocenters. The van der Waals surface area contributed by atoms with Crippen molar-refractivity contribution >= 4 is 34.2 Å². The second-order valence-corrected chi connectivity index (χ2v) is 4.87. The molecule has 4 nitrogen and oxygen atoms in total. The summed E-state index contributed by atoms with van der Waals surface area (Å²) in [4.78, 5) is 24.1. The van der Waals surface area contributed by atoms with Gasteiger partial charge in [0, 0.05) is 16.8 Å². The molecular formula is C16H10ClNO3. The lowest BCUT2D eigenvalue weighted by Crippen LogP contribution is -2.14. The van der Waals surface area contributed by atoms with Crippen molar-refractivity contribution in [3.8, 4) is 0 Å². The zero-order valence-corrected chi connectivity index (χ0v) is 11.6. The molecule has 0 radical (unpaired) electrons. The molecule has 1 amide bonds. The van der Waals surface area contributed by atoms with Crippen molar-refractivity contribution < 1.29 is 9.21 Å². The number of anilines is 1. The maximum Gasteiger partial charge on any atom is 0.291 e. The Balaban J connectivity index is 1.96. The highest BCUT2D eigenvalue weighted by Crippen LogP contribution is 2.17. The van der Waals surface area contributed by atoms with E-state index in [1.54, 1.807) is 48.5 Å². The summed E-state index contributed by atoms with van der Waals surface area (Å²) in [5.41, 5.74) is 0.651. The molecule has 0 fully saturated rings. The highest BCUT2D eigenvalue weighted by molar-refractivity contribution is 6.30. The van der Waals surface area contributed by atoms with E-state index in [0.717, 1.165) is 0 Å². The lowest BCUT2D eigenvalue weighted by molar-refractivity contribution is 0.0997. The summed E-state index contributed by atoms with van der Waals surface area (Å²) in [6.07, 6.45) is 0. The number of para-hydroxylation sites is 1. The number of halogens is 1. The van der Waals surface area contributed by atoms with Crippen molar-refractivity contribution in [2.75, 3.05) is 5.32 Å². The number of carbonyl (C=O) groups is 1. The average molecular weight is 300 g/mol. The molecule has 0 bridgehead atoms. The van der Waals surface area contributed by atoms with Crippen LogP contribution in [0.25, 0.3) is 11.0 Å². The van der Waals surface area contributed by atoms with Crippen LogP contribution in [0.3, 0.4) is 0 Å². The van der Waals surface area contributed by atoms with E-state index < -0.39 is 5.91 Å². The molecule has 1 N–H and O–H groups in total. The van der Waals surface area contributed by atoms with Gasteiger partial charge in [-0.2, -0.15) is 0 Å². The van der Waals surface area contributed by atoms with E-state index in [2.05, 4.69) is 5.32 Å². The summed E-state index contributed by atoms with van der Waals surface area (Å²) < 4.78 is 5.46. The minimum absolute atomic E-state index is 0.0429. The lowest BCUT2D eigenvalue weighted by Gasteiger charge is -2.05. The van der Waals surface area contributed by atoms with Crippen LogP contribution in [0, 0.1) is 0 Å². The number of nitrogens with one attached hydrogen (secondary N) is 1. The van der Waals surface area contributed by atoms with Gasteiger partial charge in [-0.05, 0) is 30.3 Å². The van der Waals surface area contributed by atoms with Crippen LogP contribution < -0.4 is 10.7 Å². The van der Waals surface area contributed by atoms with Crippen LogP contribution in [-0.2, 0) is 0 Å². The third-order valence-corrected chi connectivity index (χ3v) is 3.18. The molecule has 0 atom stereocenters. The molecular weight excluding hydrogens is 290 g/mol. The molecule has 1 heterocycles. The zero-order chi connectivity index (χ0) is 14.8.